The van der Waals surface area contributed by atoms with Crippen molar-refractivity contribution >= 4 is 5.91 Å². The van der Waals surface area contributed by atoms with E-state index >= 15 is 4.39 Å². The maximum Gasteiger partial charge on any atom is 0.416 e. The minimum absolute atomic E-state index is 0.0561. The van der Waals surface area contributed by atoms with Gasteiger partial charge in [0.2, 0.25) is 5.91 Å². The fourth-order valence-electron chi connectivity index (χ4n) is 6.61. The highest BCUT2D eigenvalue weighted by Gasteiger charge is 2.45. The van der Waals surface area contributed by atoms with Crippen LogP contribution in [0.3, 0.4) is 0 Å². The number of amides is 1. The number of alkyl halides is 3. The smallest absolute Gasteiger partial charge is 0.416 e. The van der Waals surface area contributed by atoms with Crippen molar-refractivity contribution in [3.05, 3.63) is 53.3 Å². The summed E-state index contributed by atoms with van der Waals surface area (Å²) in [7, 11) is 1.57. The number of unbranched alkanes of at least 4 members (excludes halogenated alkanes) is 1. The maximum atomic E-state index is 15.8. The van der Waals surface area contributed by atoms with Crippen LogP contribution >= 0.6 is 0 Å². The van der Waals surface area contributed by atoms with Crippen LogP contribution in [0.2, 0.25) is 0 Å². The number of nitrogens with zero attached hydrogens (tertiary/aromatic N) is 1. The van der Waals surface area contributed by atoms with Gasteiger partial charge in [0.05, 0.1) is 23.9 Å². The van der Waals surface area contributed by atoms with Gasteiger partial charge in [0.1, 0.15) is 11.6 Å². The van der Waals surface area contributed by atoms with E-state index in [-0.39, 0.29) is 54.3 Å². The van der Waals surface area contributed by atoms with E-state index in [1.165, 1.54) is 12.1 Å². The van der Waals surface area contributed by atoms with E-state index in [0.29, 0.717) is 45.3 Å². The molecular weight excluding hydrogens is 568 g/mol. The quantitative estimate of drug-likeness (QED) is 0.237. The lowest BCUT2D eigenvalue weighted by molar-refractivity contribution is -0.141. The summed E-state index contributed by atoms with van der Waals surface area (Å²) in [6, 6.07) is 6.80. The first-order chi connectivity index (χ1) is 20.4. The Bertz CT molecular complexity index is 1250. The number of likely N-dealkylation sites (tertiary alicyclic amines) is 1. The van der Waals surface area contributed by atoms with Crippen molar-refractivity contribution in [3.8, 4) is 16.9 Å². The van der Waals surface area contributed by atoms with Gasteiger partial charge in [-0.2, -0.15) is 13.2 Å². The molecule has 1 aliphatic heterocycles. The number of hydrogen-bond acceptors (Lipinski definition) is 6. The minimum atomic E-state index is -4.70. The number of benzene rings is 2. The van der Waals surface area contributed by atoms with Crippen LogP contribution in [-0.4, -0.2) is 66.6 Å². The first-order valence-electron chi connectivity index (χ1n) is 15.0. The number of nitrogens with two attached hydrogens (primary N) is 1. The molecule has 0 spiro atoms. The predicted molar refractivity (Wildman–Crippen MR) is 154 cm³/mol. The summed E-state index contributed by atoms with van der Waals surface area (Å²) >= 11 is 0. The second-order valence-corrected chi connectivity index (χ2v) is 11.7. The molecule has 2 aromatic carbocycles. The number of carbonyl (C=O) groups is 1. The molecule has 5 unspecified atom stereocenters. The highest BCUT2D eigenvalue weighted by atomic mass is 19.4. The molecule has 5 atom stereocenters. The Morgan fingerprint density at radius 2 is 1.93 bits per heavy atom. The summed E-state index contributed by atoms with van der Waals surface area (Å²) in [6.07, 6.45) is -2.41. The fourth-order valence-corrected chi connectivity index (χ4v) is 6.61. The third-order valence-electron chi connectivity index (χ3n) is 8.80. The molecule has 1 saturated heterocycles. The molecule has 4 rings (SSSR count). The number of rotatable bonds is 11. The number of hydrogen-bond donors (Lipinski definition) is 3. The first kappa shape index (κ1) is 33.2. The van der Waals surface area contributed by atoms with Crippen LogP contribution in [0.1, 0.15) is 63.0 Å². The van der Waals surface area contributed by atoms with Crippen LogP contribution < -0.4 is 10.5 Å². The lowest BCUT2D eigenvalue weighted by Gasteiger charge is -2.44. The Labute approximate surface area is 250 Å². The Kier molecular flexibility index (Phi) is 10.7. The summed E-state index contributed by atoms with van der Waals surface area (Å²) in [5.41, 5.74) is 3.28. The number of aliphatic hydroxyl groups is 2. The number of ether oxygens (including phenoxy) is 2. The SMILES string of the molecule is CCOc1cc(-c2c(F)cccc2C(O)(CCCCOC)C2CCCN(C(=O)C3CC(N)C(O)C3)C2)cc(C(F)(F)F)c1. The van der Waals surface area contributed by atoms with Gasteiger partial charge >= 0.3 is 6.18 Å². The zero-order valence-corrected chi connectivity index (χ0v) is 24.7. The van der Waals surface area contributed by atoms with E-state index < -0.39 is 47.1 Å². The van der Waals surface area contributed by atoms with Crippen LogP contribution in [0.4, 0.5) is 17.6 Å². The van der Waals surface area contributed by atoms with Gasteiger partial charge in [0.15, 0.2) is 0 Å². The fraction of sp³-hybridized carbons (Fsp3) is 0.594. The number of halogens is 4. The van der Waals surface area contributed by atoms with Gasteiger partial charge in [-0.3, -0.25) is 4.79 Å². The monoisotopic (exact) mass is 610 g/mol. The molecule has 1 aliphatic carbocycles. The minimum Gasteiger partial charge on any atom is -0.494 e. The van der Waals surface area contributed by atoms with Crippen LogP contribution in [-0.2, 0) is 21.3 Å². The zero-order valence-electron chi connectivity index (χ0n) is 24.7. The topological polar surface area (TPSA) is 105 Å². The highest BCUT2D eigenvalue weighted by molar-refractivity contribution is 5.79. The number of piperidine rings is 1. The van der Waals surface area contributed by atoms with E-state index in [9.17, 15) is 28.2 Å². The molecule has 2 aromatic rings. The lowest BCUT2D eigenvalue weighted by atomic mass is 9.71. The zero-order chi connectivity index (χ0) is 31.4. The predicted octanol–water partition coefficient (Wildman–Crippen LogP) is 5.25. The molecule has 2 fully saturated rings. The van der Waals surface area contributed by atoms with E-state index in [1.807, 2.05) is 0 Å². The lowest BCUT2D eigenvalue weighted by Crippen LogP contribution is -2.49. The summed E-state index contributed by atoms with van der Waals surface area (Å²) < 4.78 is 68.0. The largest absolute Gasteiger partial charge is 0.494 e. The Morgan fingerprint density at radius 1 is 1.16 bits per heavy atom. The molecule has 238 valence electrons. The second-order valence-electron chi connectivity index (χ2n) is 11.7. The Morgan fingerprint density at radius 3 is 2.58 bits per heavy atom. The van der Waals surface area contributed by atoms with E-state index in [2.05, 4.69) is 0 Å². The van der Waals surface area contributed by atoms with Crippen LogP contribution in [0.25, 0.3) is 11.1 Å². The molecule has 0 bridgehead atoms. The molecule has 4 N–H and O–H groups in total. The van der Waals surface area contributed by atoms with Gasteiger partial charge in [0, 0.05) is 50.2 Å². The molecule has 1 amide bonds. The third-order valence-corrected chi connectivity index (χ3v) is 8.80. The Balaban J connectivity index is 1.77. The number of carbonyl (C=O) groups excluding carboxylic acids is 1. The highest BCUT2D eigenvalue weighted by Crippen LogP contribution is 2.46. The molecule has 1 saturated carbocycles. The molecule has 11 heteroatoms. The van der Waals surface area contributed by atoms with Gasteiger partial charge in [-0.05, 0) is 87.3 Å². The standard InChI is InChI=1S/C32H42F4N2O5/c1-3-43-24-15-20(14-23(18-24)32(34,35)36)29-25(9-6-10-26(29)33)31(41,11-4-5-13-42-2)22-8-7-12-38(19-22)30(40)21-16-27(37)28(39)17-21/h6,9-10,14-15,18,21-22,27-28,39,41H,3-5,7-8,11-13,16-17,19,37H2,1-2H3. The molecule has 2 aliphatic rings. The summed E-state index contributed by atoms with van der Waals surface area (Å²) in [4.78, 5) is 15.1. The van der Waals surface area contributed by atoms with Crippen molar-refractivity contribution in [2.45, 2.75) is 75.8 Å². The average molecular weight is 611 g/mol. The van der Waals surface area contributed by atoms with Crippen molar-refractivity contribution in [3.63, 3.8) is 0 Å². The van der Waals surface area contributed by atoms with Gasteiger partial charge < -0.3 is 30.3 Å². The summed E-state index contributed by atoms with van der Waals surface area (Å²) in [5.74, 6) is -1.92. The second kappa shape index (κ2) is 13.9. The van der Waals surface area contributed by atoms with Crippen LogP contribution in [0.5, 0.6) is 5.75 Å². The van der Waals surface area contributed by atoms with Gasteiger partial charge in [0.25, 0.3) is 0 Å². The summed E-state index contributed by atoms with van der Waals surface area (Å²) in [5, 5.41) is 22.7. The maximum absolute atomic E-state index is 15.8. The van der Waals surface area contributed by atoms with Crippen molar-refractivity contribution < 1.29 is 42.0 Å². The Hall–Kier alpha value is -2.73. The molecule has 1 heterocycles. The van der Waals surface area contributed by atoms with Crippen molar-refractivity contribution in [2.24, 2.45) is 17.6 Å². The molecule has 0 radical (unpaired) electrons. The first-order valence-corrected chi connectivity index (χ1v) is 15.0. The van der Waals surface area contributed by atoms with E-state index in [1.54, 1.807) is 25.0 Å². The molecular formula is C32H42F4N2O5. The number of methoxy groups -OCH3 is 1. The molecule has 43 heavy (non-hydrogen) atoms. The van der Waals surface area contributed by atoms with Gasteiger partial charge in [-0.15, -0.1) is 0 Å². The normalized spacial score (nSPS) is 24.2. The van der Waals surface area contributed by atoms with E-state index in [0.717, 1.165) is 18.2 Å². The van der Waals surface area contributed by atoms with Crippen LogP contribution in [0.15, 0.2) is 36.4 Å². The van der Waals surface area contributed by atoms with Gasteiger partial charge in [-0.1, -0.05) is 12.1 Å². The van der Waals surface area contributed by atoms with Crippen molar-refractivity contribution in [1.82, 2.24) is 4.90 Å². The van der Waals surface area contributed by atoms with Crippen molar-refractivity contribution in [2.75, 3.05) is 33.4 Å². The molecule has 0 aromatic heterocycles. The van der Waals surface area contributed by atoms with Crippen LogP contribution in [0, 0.1) is 17.7 Å². The van der Waals surface area contributed by atoms with Crippen molar-refractivity contribution in [1.29, 1.82) is 0 Å². The number of aliphatic hydroxyl groups excluding tert-OH is 1. The summed E-state index contributed by atoms with van der Waals surface area (Å²) in [6.45, 7) is 2.85. The molecule has 7 nitrogen and oxygen atoms in total. The average Bonchev–Trinajstić information content (AvgIpc) is 3.32. The van der Waals surface area contributed by atoms with Gasteiger partial charge in [-0.25, -0.2) is 4.39 Å². The third kappa shape index (κ3) is 7.50. The van der Waals surface area contributed by atoms with E-state index in [4.69, 9.17) is 15.2 Å².